The van der Waals surface area contributed by atoms with Crippen LogP contribution in [0.2, 0.25) is 0 Å². The predicted molar refractivity (Wildman–Crippen MR) is 133 cm³/mol. The van der Waals surface area contributed by atoms with Crippen LogP contribution in [0, 0.1) is 0 Å². The lowest BCUT2D eigenvalue weighted by molar-refractivity contribution is 0.00602. The summed E-state index contributed by atoms with van der Waals surface area (Å²) in [5.74, 6) is -0.671. The molecule has 11 nitrogen and oxygen atoms in total. The maximum atomic E-state index is 14.1. The van der Waals surface area contributed by atoms with Crippen molar-refractivity contribution in [2.75, 3.05) is 0 Å². The van der Waals surface area contributed by atoms with Crippen molar-refractivity contribution in [2.24, 2.45) is 6.98 Å². The molecule has 0 radical (unpaired) electrons. The Hall–Kier alpha value is -4.16. The lowest BCUT2D eigenvalue weighted by Crippen LogP contribution is -2.26. The molecule has 0 saturated heterocycles. The van der Waals surface area contributed by atoms with E-state index in [0.717, 1.165) is 12.3 Å². The molecular weight excluding hydrogens is 500 g/mol. The van der Waals surface area contributed by atoms with E-state index >= 15 is 0 Å². The Morgan fingerprint density at radius 3 is 2.37 bits per heavy atom. The minimum Gasteiger partial charge on any atom is -0.508 e. The van der Waals surface area contributed by atoms with Gasteiger partial charge in [0, 0.05) is 29.5 Å². The Labute approximate surface area is 222 Å². The van der Waals surface area contributed by atoms with Crippen molar-refractivity contribution < 1.29 is 32.2 Å². The standard InChI is InChI=1S/C25H29F2N7O4/c1-24(2,3)37-21-15(12-29-23(30-21)38-25(4,5)6)16-11-14-20(32-31-16)34(7)33-22(14)36-18(19(26)27)17-10-13(35)8-9-28-17/h8-12,18-19H,1-7H3,(H,28,35)/t18-/m1/s1/i7D3. The molecule has 0 amide bonds. The molecule has 0 fully saturated rings. The highest BCUT2D eigenvalue weighted by Gasteiger charge is 2.29. The minimum atomic E-state index is -3.11. The number of hydrogen-bond acceptors (Lipinski definition) is 10. The maximum Gasteiger partial charge on any atom is 0.320 e. The molecule has 4 rings (SSSR count). The van der Waals surface area contributed by atoms with Crippen LogP contribution in [0.5, 0.6) is 23.5 Å². The predicted octanol–water partition coefficient (Wildman–Crippen LogP) is 4.66. The molecule has 4 aromatic rings. The van der Waals surface area contributed by atoms with Crippen LogP contribution in [-0.2, 0) is 6.98 Å². The fourth-order valence-electron chi connectivity index (χ4n) is 3.28. The van der Waals surface area contributed by atoms with Gasteiger partial charge in [0.2, 0.25) is 17.9 Å². The summed E-state index contributed by atoms with van der Waals surface area (Å²) in [7, 11) is 0. The highest BCUT2D eigenvalue weighted by atomic mass is 19.3. The zero-order valence-corrected chi connectivity index (χ0v) is 21.6. The van der Waals surface area contributed by atoms with Crippen molar-refractivity contribution in [3.8, 4) is 34.8 Å². The second-order valence-electron chi connectivity index (χ2n) is 10.3. The molecule has 0 aliphatic carbocycles. The van der Waals surface area contributed by atoms with Gasteiger partial charge in [0.05, 0.1) is 16.6 Å². The average molecular weight is 533 g/mol. The van der Waals surface area contributed by atoms with Gasteiger partial charge >= 0.3 is 6.01 Å². The molecule has 0 spiro atoms. The summed E-state index contributed by atoms with van der Waals surface area (Å²) in [5.41, 5.74) is -1.43. The second kappa shape index (κ2) is 9.95. The van der Waals surface area contributed by atoms with Crippen molar-refractivity contribution in [1.82, 2.24) is 34.9 Å². The fraction of sp³-hybridized carbons (Fsp3) is 0.440. The largest absolute Gasteiger partial charge is 0.508 e. The van der Waals surface area contributed by atoms with Gasteiger partial charge in [-0.25, -0.2) is 18.4 Å². The van der Waals surface area contributed by atoms with Crippen LogP contribution in [0.4, 0.5) is 8.78 Å². The Bertz CT molecular complexity index is 1550. The smallest absolute Gasteiger partial charge is 0.320 e. The zero-order chi connectivity index (χ0) is 30.3. The molecule has 0 aromatic carbocycles. The summed E-state index contributed by atoms with van der Waals surface area (Å²) in [6, 6.07) is 3.64. The molecular formula is C25H29F2N7O4. The molecule has 0 unspecified atom stereocenters. The van der Waals surface area contributed by atoms with Gasteiger partial charge in [-0.15, -0.1) is 15.3 Å². The highest BCUT2D eigenvalue weighted by molar-refractivity contribution is 5.85. The minimum absolute atomic E-state index is 0.0337. The van der Waals surface area contributed by atoms with Crippen LogP contribution in [0.15, 0.2) is 30.6 Å². The van der Waals surface area contributed by atoms with Gasteiger partial charge in [-0.2, -0.15) is 4.98 Å². The summed E-state index contributed by atoms with van der Waals surface area (Å²) in [6.07, 6.45) is -2.56. The number of rotatable bonds is 7. The number of hydrogen-bond donors (Lipinski definition) is 1. The Morgan fingerprint density at radius 2 is 1.74 bits per heavy atom. The first kappa shape index (κ1) is 23.0. The van der Waals surface area contributed by atoms with E-state index in [2.05, 4.69) is 30.2 Å². The Kier molecular flexibility index (Phi) is 6.02. The zero-order valence-electron chi connectivity index (χ0n) is 24.6. The van der Waals surface area contributed by atoms with Crippen molar-refractivity contribution in [2.45, 2.75) is 65.3 Å². The van der Waals surface area contributed by atoms with Crippen LogP contribution in [0.1, 0.15) is 57.5 Å². The number of pyridine rings is 1. The second-order valence-corrected chi connectivity index (χ2v) is 10.3. The van der Waals surface area contributed by atoms with E-state index in [1.807, 2.05) is 41.5 Å². The molecule has 0 aliphatic heterocycles. The van der Waals surface area contributed by atoms with E-state index in [1.165, 1.54) is 18.3 Å². The van der Waals surface area contributed by atoms with Crippen molar-refractivity contribution in [3.63, 3.8) is 0 Å². The van der Waals surface area contributed by atoms with E-state index in [1.54, 1.807) is 0 Å². The third-order valence-electron chi connectivity index (χ3n) is 4.73. The first-order valence-electron chi connectivity index (χ1n) is 13.0. The van der Waals surface area contributed by atoms with Crippen LogP contribution in [0.25, 0.3) is 22.3 Å². The van der Waals surface area contributed by atoms with Gasteiger partial charge in [-0.05, 0) is 53.7 Å². The van der Waals surface area contributed by atoms with E-state index in [-0.39, 0.29) is 45.6 Å². The van der Waals surface area contributed by atoms with Crippen LogP contribution < -0.4 is 14.2 Å². The number of aromatic hydroxyl groups is 1. The number of aryl methyl sites for hydroxylation is 1. The molecule has 0 bridgehead atoms. The molecule has 38 heavy (non-hydrogen) atoms. The van der Waals surface area contributed by atoms with Crippen LogP contribution in [-0.4, -0.2) is 57.7 Å². The van der Waals surface area contributed by atoms with E-state index in [9.17, 15) is 13.9 Å². The lowest BCUT2D eigenvalue weighted by atomic mass is 10.1. The van der Waals surface area contributed by atoms with E-state index in [4.69, 9.17) is 18.3 Å². The van der Waals surface area contributed by atoms with Crippen molar-refractivity contribution >= 4 is 11.0 Å². The Morgan fingerprint density at radius 1 is 1.00 bits per heavy atom. The normalized spacial score (nSPS) is 14.6. The Balaban J connectivity index is 1.87. The number of fused-ring (bicyclic) bond motifs is 1. The van der Waals surface area contributed by atoms with Crippen molar-refractivity contribution in [1.29, 1.82) is 0 Å². The summed E-state index contributed by atoms with van der Waals surface area (Å²) in [5, 5.41) is 21.8. The van der Waals surface area contributed by atoms with Gasteiger partial charge in [-0.3, -0.25) is 4.98 Å². The molecule has 0 aliphatic rings. The topological polar surface area (TPSA) is 130 Å². The first-order chi connectivity index (χ1) is 18.9. The number of ether oxygens (including phenoxy) is 3. The molecule has 4 heterocycles. The third-order valence-corrected chi connectivity index (χ3v) is 4.73. The maximum absolute atomic E-state index is 14.1. The molecule has 13 heteroatoms. The summed E-state index contributed by atoms with van der Waals surface area (Å²) in [6.45, 7) is 8.08. The van der Waals surface area contributed by atoms with Gasteiger partial charge in [0.1, 0.15) is 22.6 Å². The van der Waals surface area contributed by atoms with Gasteiger partial charge in [0.25, 0.3) is 6.43 Å². The number of nitrogens with zero attached hydrogens (tertiary/aromatic N) is 7. The summed E-state index contributed by atoms with van der Waals surface area (Å²) < 4.78 is 69.6. The quantitative estimate of drug-likeness (QED) is 0.359. The summed E-state index contributed by atoms with van der Waals surface area (Å²) >= 11 is 0. The first-order valence-corrected chi connectivity index (χ1v) is 11.5. The van der Waals surface area contributed by atoms with E-state index < -0.39 is 36.6 Å². The van der Waals surface area contributed by atoms with Gasteiger partial charge < -0.3 is 19.3 Å². The van der Waals surface area contributed by atoms with E-state index in [0.29, 0.717) is 4.68 Å². The lowest BCUT2D eigenvalue weighted by Gasteiger charge is -2.24. The highest BCUT2D eigenvalue weighted by Crippen LogP contribution is 2.35. The molecule has 1 atom stereocenters. The molecule has 202 valence electrons. The summed E-state index contributed by atoms with van der Waals surface area (Å²) in [4.78, 5) is 12.5. The SMILES string of the molecule is [2H]C([2H])([2H])n1nc(O[C@H](c2cc(O)ccn2)C(F)F)c2cc(-c3cnc(OC(C)(C)C)nc3OC(C)(C)C)nnc21. The fourth-order valence-corrected chi connectivity index (χ4v) is 3.28. The molecule has 1 N–H and O–H groups in total. The van der Waals surface area contributed by atoms with Gasteiger partial charge in [0.15, 0.2) is 5.65 Å². The number of aromatic nitrogens is 7. The molecule has 0 saturated carbocycles. The number of alkyl halides is 2. The van der Waals surface area contributed by atoms with Crippen molar-refractivity contribution in [3.05, 3.63) is 36.3 Å². The third kappa shape index (κ3) is 6.21. The average Bonchev–Trinajstić information content (AvgIpc) is 3.18. The van der Waals surface area contributed by atoms with Crippen LogP contribution in [0.3, 0.4) is 0 Å². The molecule has 4 aromatic heterocycles. The van der Waals surface area contributed by atoms with Crippen LogP contribution >= 0.6 is 0 Å². The van der Waals surface area contributed by atoms with Gasteiger partial charge in [-0.1, -0.05) is 0 Å². The monoisotopic (exact) mass is 532 g/mol. The number of halogens is 2.